The molecule has 0 N–H and O–H groups in total. The van der Waals surface area contributed by atoms with Crippen LogP contribution in [0.25, 0.3) is 0 Å². The fraction of sp³-hybridized carbons (Fsp3) is 0.350. The Labute approximate surface area is 176 Å². The highest BCUT2D eigenvalue weighted by Gasteiger charge is 2.24. The summed E-state index contributed by atoms with van der Waals surface area (Å²) in [6.07, 6.45) is 1.06. The molecule has 7 nitrogen and oxygen atoms in total. The van der Waals surface area contributed by atoms with Crippen molar-refractivity contribution >= 4 is 33.2 Å². The van der Waals surface area contributed by atoms with Gasteiger partial charge in [0.2, 0.25) is 15.9 Å². The molecule has 0 aliphatic heterocycles. The van der Waals surface area contributed by atoms with Crippen LogP contribution in [0, 0.1) is 6.92 Å². The van der Waals surface area contributed by atoms with Crippen LogP contribution in [0.1, 0.15) is 11.1 Å². The van der Waals surface area contributed by atoms with Crippen molar-refractivity contribution in [1.82, 2.24) is 4.90 Å². The summed E-state index contributed by atoms with van der Waals surface area (Å²) < 4.78 is 36.3. The molecule has 0 aliphatic rings. The van der Waals surface area contributed by atoms with Crippen LogP contribution in [0.3, 0.4) is 0 Å². The van der Waals surface area contributed by atoms with Gasteiger partial charge in [-0.05, 0) is 42.3 Å². The maximum atomic E-state index is 12.8. The monoisotopic (exact) mass is 440 g/mol. The first-order chi connectivity index (χ1) is 13.6. The predicted octanol–water partition coefficient (Wildman–Crippen LogP) is 3.09. The van der Waals surface area contributed by atoms with E-state index in [0.29, 0.717) is 27.8 Å². The van der Waals surface area contributed by atoms with Crippen molar-refractivity contribution in [3.63, 3.8) is 0 Å². The van der Waals surface area contributed by atoms with E-state index in [4.69, 9.17) is 21.1 Å². The molecule has 2 rings (SSSR count). The van der Waals surface area contributed by atoms with E-state index in [2.05, 4.69) is 0 Å². The molecule has 0 bridgehead atoms. The van der Waals surface area contributed by atoms with E-state index in [9.17, 15) is 13.2 Å². The third-order valence-corrected chi connectivity index (χ3v) is 5.77. The summed E-state index contributed by atoms with van der Waals surface area (Å²) >= 11 is 6.03. The van der Waals surface area contributed by atoms with E-state index >= 15 is 0 Å². The number of carbonyl (C=O) groups is 1. The lowest BCUT2D eigenvalue weighted by Crippen LogP contribution is -2.41. The molecule has 9 heteroatoms. The number of methoxy groups -OCH3 is 2. The molecular weight excluding hydrogens is 416 g/mol. The maximum Gasteiger partial charge on any atom is 0.243 e. The van der Waals surface area contributed by atoms with Crippen molar-refractivity contribution in [3.8, 4) is 11.5 Å². The Morgan fingerprint density at radius 2 is 1.72 bits per heavy atom. The first-order valence-corrected chi connectivity index (χ1v) is 11.0. The van der Waals surface area contributed by atoms with Gasteiger partial charge in [-0.2, -0.15) is 0 Å². The quantitative estimate of drug-likeness (QED) is 0.630. The highest BCUT2D eigenvalue weighted by atomic mass is 35.5. The third-order valence-electron chi connectivity index (χ3n) is 4.41. The van der Waals surface area contributed by atoms with E-state index in [1.807, 2.05) is 6.07 Å². The van der Waals surface area contributed by atoms with Gasteiger partial charge in [-0.15, -0.1) is 0 Å². The number of carbonyl (C=O) groups excluding carboxylic acids is 1. The van der Waals surface area contributed by atoms with Crippen LogP contribution in [0.15, 0.2) is 36.4 Å². The van der Waals surface area contributed by atoms with Crippen LogP contribution in [-0.2, 0) is 21.4 Å². The van der Waals surface area contributed by atoms with Gasteiger partial charge in [-0.1, -0.05) is 23.7 Å². The normalized spacial score (nSPS) is 11.1. The molecular formula is C20H25ClN2O5S. The second-order valence-electron chi connectivity index (χ2n) is 6.64. The summed E-state index contributed by atoms with van der Waals surface area (Å²) in [4.78, 5) is 14.2. The fourth-order valence-corrected chi connectivity index (χ4v) is 3.88. The van der Waals surface area contributed by atoms with Gasteiger partial charge in [-0.3, -0.25) is 9.10 Å². The average molecular weight is 441 g/mol. The lowest BCUT2D eigenvalue weighted by atomic mass is 10.2. The molecule has 0 unspecified atom stereocenters. The van der Waals surface area contributed by atoms with Crippen LogP contribution >= 0.6 is 11.6 Å². The minimum absolute atomic E-state index is 0.283. The Hall–Kier alpha value is -2.45. The Kier molecular flexibility index (Phi) is 7.37. The van der Waals surface area contributed by atoms with Crippen molar-refractivity contribution in [2.45, 2.75) is 13.5 Å². The molecule has 1 amide bonds. The van der Waals surface area contributed by atoms with Crippen LogP contribution in [0.2, 0.25) is 5.02 Å². The number of amides is 1. The number of rotatable bonds is 8. The number of hydrogen-bond donors (Lipinski definition) is 0. The molecule has 158 valence electrons. The van der Waals surface area contributed by atoms with Crippen molar-refractivity contribution in [2.75, 3.05) is 38.4 Å². The lowest BCUT2D eigenvalue weighted by molar-refractivity contribution is -0.128. The van der Waals surface area contributed by atoms with Gasteiger partial charge in [0.15, 0.2) is 11.5 Å². The number of benzene rings is 2. The van der Waals surface area contributed by atoms with Crippen molar-refractivity contribution in [3.05, 3.63) is 52.5 Å². The largest absolute Gasteiger partial charge is 0.493 e. The van der Waals surface area contributed by atoms with E-state index in [1.165, 1.54) is 12.0 Å². The van der Waals surface area contributed by atoms with Crippen molar-refractivity contribution in [2.24, 2.45) is 0 Å². The second-order valence-corrected chi connectivity index (χ2v) is 8.98. The van der Waals surface area contributed by atoms with Gasteiger partial charge >= 0.3 is 0 Å². The molecule has 0 heterocycles. The second kappa shape index (κ2) is 9.37. The number of hydrogen-bond acceptors (Lipinski definition) is 5. The summed E-state index contributed by atoms with van der Waals surface area (Å²) in [6, 6.07) is 10.3. The molecule has 0 fully saturated rings. The molecule has 0 radical (unpaired) electrons. The highest BCUT2D eigenvalue weighted by molar-refractivity contribution is 7.92. The lowest BCUT2D eigenvalue weighted by Gasteiger charge is -2.26. The summed E-state index contributed by atoms with van der Waals surface area (Å²) in [6.45, 7) is 1.72. The first kappa shape index (κ1) is 22.8. The molecule has 0 aliphatic carbocycles. The Morgan fingerprint density at radius 3 is 2.31 bits per heavy atom. The molecule has 0 saturated heterocycles. The smallest absolute Gasteiger partial charge is 0.243 e. The molecule has 2 aromatic carbocycles. The van der Waals surface area contributed by atoms with Gasteiger partial charge in [-0.25, -0.2) is 8.42 Å². The molecule has 0 spiro atoms. The number of nitrogens with zero attached hydrogens (tertiary/aromatic N) is 2. The van der Waals surface area contributed by atoms with E-state index < -0.39 is 10.0 Å². The Bertz CT molecular complexity index is 994. The molecule has 0 saturated carbocycles. The molecule has 2 aromatic rings. The van der Waals surface area contributed by atoms with Gasteiger partial charge in [0.05, 0.1) is 26.2 Å². The topological polar surface area (TPSA) is 76.2 Å². The van der Waals surface area contributed by atoms with Crippen molar-refractivity contribution < 1.29 is 22.7 Å². The first-order valence-electron chi connectivity index (χ1n) is 8.75. The van der Waals surface area contributed by atoms with Crippen LogP contribution in [-0.4, -0.2) is 53.3 Å². The average Bonchev–Trinajstić information content (AvgIpc) is 2.66. The van der Waals surface area contributed by atoms with Gasteiger partial charge in [0.1, 0.15) is 6.54 Å². The molecule has 0 aromatic heterocycles. The van der Waals surface area contributed by atoms with E-state index in [-0.39, 0.29) is 19.0 Å². The van der Waals surface area contributed by atoms with Crippen molar-refractivity contribution in [1.29, 1.82) is 0 Å². The van der Waals surface area contributed by atoms with Gasteiger partial charge in [0.25, 0.3) is 0 Å². The number of halogens is 1. The van der Waals surface area contributed by atoms with Crippen LogP contribution in [0.4, 0.5) is 5.69 Å². The van der Waals surface area contributed by atoms with Gasteiger partial charge < -0.3 is 14.4 Å². The number of likely N-dealkylation sites (N-methyl/N-ethyl adjacent to an activating group) is 1. The van der Waals surface area contributed by atoms with E-state index in [0.717, 1.165) is 16.1 Å². The number of aryl methyl sites for hydroxylation is 1. The van der Waals surface area contributed by atoms with Crippen LogP contribution in [0.5, 0.6) is 11.5 Å². The Morgan fingerprint density at radius 1 is 1.07 bits per heavy atom. The number of sulfonamides is 1. The Balaban J connectivity index is 2.22. The minimum Gasteiger partial charge on any atom is -0.493 e. The van der Waals surface area contributed by atoms with Crippen LogP contribution < -0.4 is 13.8 Å². The SMILES string of the molecule is COc1ccc(CN(C)C(=O)CN(c2cc(Cl)ccc2C)S(C)(=O)=O)cc1OC. The zero-order valence-electron chi connectivity index (χ0n) is 17.1. The zero-order valence-corrected chi connectivity index (χ0v) is 18.7. The minimum atomic E-state index is -3.69. The summed E-state index contributed by atoms with van der Waals surface area (Å²) in [5, 5.41) is 0.394. The predicted molar refractivity (Wildman–Crippen MR) is 114 cm³/mol. The summed E-state index contributed by atoms with van der Waals surface area (Å²) in [7, 11) is 1.01. The maximum absolute atomic E-state index is 12.8. The molecule has 0 atom stereocenters. The summed E-state index contributed by atoms with van der Waals surface area (Å²) in [5.41, 5.74) is 1.91. The number of ether oxygens (including phenoxy) is 2. The standard InChI is InChI=1S/C20H25ClN2O5S/c1-14-6-8-16(21)11-17(14)23(29(5,25)26)13-20(24)22(2)12-15-7-9-18(27-3)19(10-15)28-4/h6-11H,12-13H2,1-5H3. The van der Waals surface area contributed by atoms with E-state index in [1.54, 1.807) is 51.4 Å². The third kappa shape index (κ3) is 5.77. The molecule has 29 heavy (non-hydrogen) atoms. The zero-order chi connectivity index (χ0) is 21.8. The highest BCUT2D eigenvalue weighted by Crippen LogP contribution is 2.28. The summed E-state index contributed by atoms with van der Waals surface area (Å²) in [5.74, 6) is 0.785. The van der Waals surface area contributed by atoms with Gasteiger partial charge in [0, 0.05) is 18.6 Å². The fourth-order valence-electron chi connectivity index (χ4n) is 2.82. The number of anilines is 1.